The van der Waals surface area contributed by atoms with E-state index in [1.165, 1.54) is 24.4 Å². The van der Waals surface area contributed by atoms with E-state index >= 15 is 0 Å². The molecule has 0 spiro atoms. The number of rotatable bonds is 5. The third-order valence-corrected chi connectivity index (χ3v) is 3.89. The van der Waals surface area contributed by atoms with Crippen LogP contribution in [-0.2, 0) is 11.3 Å². The van der Waals surface area contributed by atoms with Crippen LogP contribution in [0.3, 0.4) is 0 Å². The number of carbonyl (C=O) groups is 1. The van der Waals surface area contributed by atoms with Crippen LogP contribution in [0.25, 0.3) is 10.9 Å². The SMILES string of the molecule is Cc1cc(OC(=O)CCn2ncc(=O)c3ccccc32)ccc1[N+](=O)[O-]. The van der Waals surface area contributed by atoms with Gasteiger partial charge in [-0.2, -0.15) is 5.10 Å². The van der Waals surface area contributed by atoms with Crippen molar-refractivity contribution in [3.8, 4) is 5.75 Å². The van der Waals surface area contributed by atoms with Gasteiger partial charge in [-0.25, -0.2) is 0 Å². The molecule has 0 radical (unpaired) electrons. The first-order valence-corrected chi connectivity index (χ1v) is 7.86. The number of nitro benzene ring substituents is 1. The van der Waals surface area contributed by atoms with Crippen LogP contribution in [0, 0.1) is 17.0 Å². The second-order valence-electron chi connectivity index (χ2n) is 5.68. The van der Waals surface area contributed by atoms with Crippen LogP contribution in [0.1, 0.15) is 12.0 Å². The normalized spacial score (nSPS) is 10.7. The lowest BCUT2D eigenvalue weighted by atomic mass is 10.2. The van der Waals surface area contributed by atoms with Crippen LogP contribution in [0.2, 0.25) is 0 Å². The summed E-state index contributed by atoms with van der Waals surface area (Å²) in [4.78, 5) is 34.2. The van der Waals surface area contributed by atoms with Gasteiger partial charge < -0.3 is 4.74 Å². The first-order chi connectivity index (χ1) is 12.5. The van der Waals surface area contributed by atoms with Crippen molar-refractivity contribution in [3.63, 3.8) is 0 Å². The highest BCUT2D eigenvalue weighted by molar-refractivity contribution is 5.78. The molecule has 3 aromatic rings. The molecule has 132 valence electrons. The molecule has 8 nitrogen and oxygen atoms in total. The Morgan fingerprint density at radius 3 is 2.77 bits per heavy atom. The second-order valence-corrected chi connectivity index (χ2v) is 5.68. The van der Waals surface area contributed by atoms with Gasteiger partial charge in [-0.3, -0.25) is 24.4 Å². The zero-order chi connectivity index (χ0) is 18.7. The minimum atomic E-state index is -0.497. The number of benzene rings is 2. The van der Waals surface area contributed by atoms with Crippen molar-refractivity contribution in [1.29, 1.82) is 0 Å². The Hall–Kier alpha value is -3.55. The number of ether oxygens (including phenoxy) is 1. The van der Waals surface area contributed by atoms with Gasteiger partial charge in [0.05, 0.1) is 29.6 Å². The average molecular weight is 353 g/mol. The summed E-state index contributed by atoms with van der Waals surface area (Å²) in [5, 5.41) is 15.4. The van der Waals surface area contributed by atoms with Crippen LogP contribution in [0.4, 0.5) is 5.69 Å². The van der Waals surface area contributed by atoms with Crippen molar-refractivity contribution < 1.29 is 14.5 Å². The molecule has 0 aliphatic heterocycles. The van der Waals surface area contributed by atoms with Crippen molar-refractivity contribution in [3.05, 3.63) is 74.6 Å². The highest BCUT2D eigenvalue weighted by atomic mass is 16.6. The van der Waals surface area contributed by atoms with E-state index in [9.17, 15) is 19.7 Å². The summed E-state index contributed by atoms with van der Waals surface area (Å²) in [5.41, 5.74) is 0.835. The van der Waals surface area contributed by atoms with Crippen molar-refractivity contribution in [2.24, 2.45) is 0 Å². The van der Waals surface area contributed by atoms with Gasteiger partial charge in [-0.05, 0) is 31.2 Å². The molecule has 0 unspecified atom stereocenters. The molecule has 8 heteroatoms. The number of fused-ring (bicyclic) bond motifs is 1. The van der Waals surface area contributed by atoms with Gasteiger partial charge in [0.15, 0.2) is 0 Å². The molecular weight excluding hydrogens is 338 g/mol. The smallest absolute Gasteiger partial charge is 0.313 e. The summed E-state index contributed by atoms with van der Waals surface area (Å²) >= 11 is 0. The second kappa shape index (κ2) is 7.14. The third-order valence-electron chi connectivity index (χ3n) is 3.89. The lowest BCUT2D eigenvalue weighted by Gasteiger charge is -2.09. The molecule has 0 bridgehead atoms. The van der Waals surface area contributed by atoms with Crippen molar-refractivity contribution >= 4 is 22.6 Å². The number of esters is 1. The molecule has 0 amide bonds. The largest absolute Gasteiger partial charge is 0.426 e. The van der Waals surface area contributed by atoms with E-state index in [1.807, 2.05) is 0 Å². The number of carbonyl (C=O) groups excluding carboxylic acids is 1. The summed E-state index contributed by atoms with van der Waals surface area (Å²) < 4.78 is 6.79. The quantitative estimate of drug-likeness (QED) is 0.302. The molecule has 3 rings (SSSR count). The lowest BCUT2D eigenvalue weighted by molar-refractivity contribution is -0.385. The molecule has 0 aliphatic carbocycles. The lowest BCUT2D eigenvalue weighted by Crippen LogP contribution is -2.16. The highest BCUT2D eigenvalue weighted by Crippen LogP contribution is 2.23. The molecule has 1 heterocycles. The predicted octanol–water partition coefficient (Wildman–Crippen LogP) is 2.61. The maximum Gasteiger partial charge on any atom is 0.313 e. The number of nitro groups is 1. The van der Waals surface area contributed by atoms with Crippen LogP contribution < -0.4 is 10.2 Å². The molecule has 0 N–H and O–H groups in total. The molecule has 0 fully saturated rings. The summed E-state index contributed by atoms with van der Waals surface area (Å²) in [6, 6.07) is 11.1. The first kappa shape index (κ1) is 17.3. The monoisotopic (exact) mass is 353 g/mol. The Balaban J connectivity index is 1.70. The van der Waals surface area contributed by atoms with Crippen LogP contribution in [0.15, 0.2) is 53.5 Å². The number of nitrogens with zero attached hydrogens (tertiary/aromatic N) is 3. The van der Waals surface area contributed by atoms with Crippen LogP contribution >= 0.6 is 0 Å². The summed E-state index contributed by atoms with van der Waals surface area (Å²) in [6.45, 7) is 1.82. The van der Waals surface area contributed by atoms with Gasteiger partial charge in [-0.15, -0.1) is 0 Å². The minimum absolute atomic E-state index is 0.0336. The Kier molecular flexibility index (Phi) is 4.74. The molecule has 0 saturated carbocycles. The van der Waals surface area contributed by atoms with Gasteiger partial charge in [-0.1, -0.05) is 12.1 Å². The molecular formula is C18H15N3O5. The fraction of sp³-hybridized carbons (Fsp3) is 0.167. The summed E-state index contributed by atoms with van der Waals surface area (Å²) in [7, 11) is 0. The minimum Gasteiger partial charge on any atom is -0.426 e. The average Bonchev–Trinajstić information content (AvgIpc) is 2.61. The Morgan fingerprint density at radius 1 is 1.27 bits per heavy atom. The summed E-state index contributed by atoms with van der Waals surface area (Å²) in [5.74, 6) is -0.251. The van der Waals surface area contributed by atoms with E-state index < -0.39 is 10.9 Å². The van der Waals surface area contributed by atoms with Gasteiger partial charge in [0.2, 0.25) is 5.43 Å². The number of aryl methyl sites for hydroxylation is 2. The standard InChI is InChI=1S/C18H15N3O5/c1-12-10-13(6-7-15(12)21(24)25)26-18(23)8-9-20-16-5-3-2-4-14(16)17(22)11-19-20/h2-7,10-11H,8-9H2,1H3. The fourth-order valence-corrected chi connectivity index (χ4v) is 2.62. The fourth-order valence-electron chi connectivity index (χ4n) is 2.62. The maximum absolute atomic E-state index is 12.1. The molecule has 2 aromatic carbocycles. The Bertz CT molecular complexity index is 1060. The molecule has 0 aliphatic rings. The van der Waals surface area contributed by atoms with Gasteiger partial charge in [0, 0.05) is 17.0 Å². The van der Waals surface area contributed by atoms with Gasteiger partial charge in [0.1, 0.15) is 5.75 Å². The van der Waals surface area contributed by atoms with E-state index in [0.29, 0.717) is 16.5 Å². The Labute approximate surface area is 147 Å². The van der Waals surface area contributed by atoms with E-state index in [2.05, 4.69) is 5.10 Å². The molecule has 0 atom stereocenters. The zero-order valence-corrected chi connectivity index (χ0v) is 13.9. The number of hydrogen-bond donors (Lipinski definition) is 0. The van der Waals surface area contributed by atoms with Crippen molar-refractivity contribution in [2.45, 2.75) is 19.9 Å². The van der Waals surface area contributed by atoms with E-state index in [4.69, 9.17) is 4.74 Å². The maximum atomic E-state index is 12.1. The van der Waals surface area contributed by atoms with E-state index in [1.54, 1.807) is 35.9 Å². The van der Waals surface area contributed by atoms with Crippen LogP contribution in [-0.4, -0.2) is 20.7 Å². The van der Waals surface area contributed by atoms with E-state index in [0.717, 1.165) is 0 Å². The van der Waals surface area contributed by atoms with Gasteiger partial charge >= 0.3 is 5.97 Å². The Morgan fingerprint density at radius 2 is 2.04 bits per heavy atom. The molecule has 0 saturated heterocycles. The summed E-state index contributed by atoms with van der Waals surface area (Å²) in [6.07, 6.45) is 1.25. The third kappa shape index (κ3) is 3.59. The molecule has 26 heavy (non-hydrogen) atoms. The van der Waals surface area contributed by atoms with Gasteiger partial charge in [0.25, 0.3) is 5.69 Å². The predicted molar refractivity (Wildman–Crippen MR) is 94.1 cm³/mol. The van der Waals surface area contributed by atoms with E-state index in [-0.39, 0.29) is 29.8 Å². The van der Waals surface area contributed by atoms with Crippen LogP contribution in [0.5, 0.6) is 5.75 Å². The first-order valence-electron chi connectivity index (χ1n) is 7.86. The van der Waals surface area contributed by atoms with Crippen molar-refractivity contribution in [2.75, 3.05) is 0 Å². The number of para-hydroxylation sites is 1. The molecule has 1 aromatic heterocycles. The number of hydrogen-bond acceptors (Lipinski definition) is 6. The highest BCUT2D eigenvalue weighted by Gasteiger charge is 2.13. The zero-order valence-electron chi connectivity index (χ0n) is 13.9. The number of aromatic nitrogens is 2. The topological polar surface area (TPSA) is 104 Å². The van der Waals surface area contributed by atoms with Crippen molar-refractivity contribution in [1.82, 2.24) is 9.78 Å².